The molecule has 0 spiro atoms. The van der Waals surface area contributed by atoms with Crippen LogP contribution >= 0.6 is 0 Å². The highest BCUT2D eigenvalue weighted by Crippen LogP contribution is 2.44. The number of rotatable bonds is 6. The van der Waals surface area contributed by atoms with Gasteiger partial charge in [0.15, 0.2) is 0 Å². The van der Waals surface area contributed by atoms with Crippen LogP contribution < -0.4 is 5.32 Å². The summed E-state index contributed by atoms with van der Waals surface area (Å²) in [5, 5.41) is 3.33. The number of carbonyl (C=O) groups excluding carboxylic acids is 2. The molecule has 0 heterocycles. The van der Waals surface area contributed by atoms with Crippen LogP contribution in [0.1, 0.15) is 74.8 Å². The van der Waals surface area contributed by atoms with Crippen molar-refractivity contribution in [1.29, 1.82) is 0 Å². The Hall–Kier alpha value is -2.46. The van der Waals surface area contributed by atoms with Crippen molar-refractivity contribution in [2.45, 2.75) is 69.7 Å². The van der Waals surface area contributed by atoms with Crippen LogP contribution in [-0.4, -0.2) is 30.9 Å². The Morgan fingerprint density at radius 1 is 0.774 bits per heavy atom. The molecule has 0 radical (unpaired) electrons. The summed E-state index contributed by atoms with van der Waals surface area (Å²) in [7, 11) is 0. The highest BCUT2D eigenvalue weighted by atomic mass is 16.5. The molecule has 2 aromatic rings. The molecule has 2 aliphatic rings. The zero-order valence-electron chi connectivity index (χ0n) is 18.3. The molecule has 31 heavy (non-hydrogen) atoms. The van der Waals surface area contributed by atoms with Crippen molar-refractivity contribution in [1.82, 2.24) is 5.32 Å². The van der Waals surface area contributed by atoms with Gasteiger partial charge in [-0.1, -0.05) is 93.5 Å². The molecule has 1 saturated carbocycles. The van der Waals surface area contributed by atoms with Crippen LogP contribution in [0.2, 0.25) is 0 Å². The van der Waals surface area contributed by atoms with Gasteiger partial charge in [0, 0.05) is 12.0 Å². The van der Waals surface area contributed by atoms with Crippen LogP contribution in [0.4, 0.5) is 0 Å². The van der Waals surface area contributed by atoms with E-state index in [9.17, 15) is 9.59 Å². The molecule has 4 rings (SSSR count). The van der Waals surface area contributed by atoms with Gasteiger partial charge in [0.25, 0.3) is 5.78 Å². The summed E-state index contributed by atoms with van der Waals surface area (Å²) >= 11 is 0. The highest BCUT2D eigenvalue weighted by molar-refractivity contribution is 6.34. The molecule has 0 amide bonds. The van der Waals surface area contributed by atoms with Crippen LogP contribution in [0.5, 0.6) is 0 Å². The molecule has 0 unspecified atom stereocenters. The Kier molecular flexibility index (Phi) is 7.52. The van der Waals surface area contributed by atoms with E-state index in [1.54, 1.807) is 0 Å². The summed E-state index contributed by atoms with van der Waals surface area (Å²) in [6, 6.07) is 16.8. The van der Waals surface area contributed by atoms with E-state index < -0.39 is 11.8 Å². The molecule has 4 nitrogen and oxygen atoms in total. The Morgan fingerprint density at radius 2 is 1.29 bits per heavy atom. The topological polar surface area (TPSA) is 55.4 Å². The molecule has 0 atom stereocenters. The number of Topliss-reactive ketones (excluding diaryl/α,β-unsaturated/α-hetero) is 1. The van der Waals surface area contributed by atoms with Gasteiger partial charge in [-0.2, -0.15) is 0 Å². The van der Waals surface area contributed by atoms with E-state index in [4.69, 9.17) is 4.74 Å². The predicted molar refractivity (Wildman–Crippen MR) is 123 cm³/mol. The molecule has 4 heteroatoms. The summed E-state index contributed by atoms with van der Waals surface area (Å²) in [5.74, 6) is -1.22. The molecule has 0 aromatic heterocycles. The Labute approximate surface area is 185 Å². The maximum Gasteiger partial charge on any atom is 0.376 e. The summed E-state index contributed by atoms with van der Waals surface area (Å²) < 4.78 is 5.49. The standard InChI is InChI=1S/C27H33NO3/c29-26(18-28-20-12-6-4-2-1-3-5-7-13-20)27(30)31-19-25-23-16-10-8-14-21(23)22-15-9-11-17-24(22)25/h8-11,14-17,20,25,28H,1-7,12-13,18-19H2. The second-order valence-electron chi connectivity index (χ2n) is 8.88. The third-order valence-electron chi connectivity index (χ3n) is 6.73. The lowest BCUT2D eigenvalue weighted by Crippen LogP contribution is -2.37. The molecule has 2 aliphatic carbocycles. The molecular weight excluding hydrogens is 386 g/mol. The molecule has 2 aromatic carbocycles. The van der Waals surface area contributed by atoms with Crippen LogP contribution in [0, 0.1) is 0 Å². The summed E-state index contributed by atoms with van der Waals surface area (Å²) in [4.78, 5) is 24.8. The Balaban J connectivity index is 1.30. The third kappa shape index (κ3) is 5.43. The number of hydrogen-bond donors (Lipinski definition) is 1. The minimum atomic E-state index is -0.728. The van der Waals surface area contributed by atoms with Gasteiger partial charge in [-0.25, -0.2) is 4.79 Å². The molecular formula is C27H33NO3. The highest BCUT2D eigenvalue weighted by Gasteiger charge is 2.29. The minimum Gasteiger partial charge on any atom is -0.459 e. The van der Waals surface area contributed by atoms with E-state index >= 15 is 0 Å². The van der Waals surface area contributed by atoms with Gasteiger partial charge in [-0.15, -0.1) is 0 Å². The van der Waals surface area contributed by atoms with Crippen molar-refractivity contribution in [2.24, 2.45) is 0 Å². The first-order valence-corrected chi connectivity index (χ1v) is 11.9. The Bertz CT molecular complexity index is 851. The van der Waals surface area contributed by atoms with Crippen LogP contribution in [-0.2, 0) is 14.3 Å². The van der Waals surface area contributed by atoms with Gasteiger partial charge in [0.1, 0.15) is 6.61 Å². The van der Waals surface area contributed by atoms with Crippen molar-refractivity contribution in [2.75, 3.05) is 13.2 Å². The second-order valence-corrected chi connectivity index (χ2v) is 8.88. The SMILES string of the molecule is O=C(CNC1CCCCCCCCC1)C(=O)OCC1c2ccccc2-c2ccccc21. The fraction of sp³-hybridized carbons (Fsp3) is 0.481. The first-order valence-electron chi connectivity index (χ1n) is 11.9. The average molecular weight is 420 g/mol. The second kappa shape index (κ2) is 10.7. The normalized spacial score (nSPS) is 17.5. The van der Waals surface area contributed by atoms with Crippen molar-refractivity contribution in [3.8, 4) is 11.1 Å². The lowest BCUT2D eigenvalue weighted by Gasteiger charge is -2.19. The number of carbonyl (C=O) groups is 2. The number of ether oxygens (including phenoxy) is 1. The summed E-state index contributed by atoms with van der Waals surface area (Å²) in [6.07, 6.45) is 11.0. The monoisotopic (exact) mass is 419 g/mol. The number of fused-ring (bicyclic) bond motifs is 3. The fourth-order valence-electron chi connectivity index (χ4n) is 5.00. The van der Waals surface area contributed by atoms with Crippen molar-refractivity contribution < 1.29 is 14.3 Å². The number of hydrogen-bond acceptors (Lipinski definition) is 4. The van der Waals surface area contributed by atoms with Gasteiger partial charge in [-0.3, -0.25) is 4.79 Å². The lowest BCUT2D eigenvalue weighted by atomic mass is 9.97. The van der Waals surface area contributed by atoms with Crippen LogP contribution in [0.3, 0.4) is 0 Å². The van der Waals surface area contributed by atoms with Crippen molar-refractivity contribution >= 4 is 11.8 Å². The van der Waals surface area contributed by atoms with Crippen LogP contribution in [0.15, 0.2) is 48.5 Å². The molecule has 164 valence electrons. The number of esters is 1. The van der Waals surface area contributed by atoms with E-state index in [0.29, 0.717) is 6.04 Å². The van der Waals surface area contributed by atoms with E-state index in [-0.39, 0.29) is 19.1 Å². The van der Waals surface area contributed by atoms with Gasteiger partial charge in [0.05, 0.1) is 6.54 Å². The van der Waals surface area contributed by atoms with Crippen molar-refractivity contribution in [3.05, 3.63) is 59.7 Å². The lowest BCUT2D eigenvalue weighted by molar-refractivity contribution is -0.153. The van der Waals surface area contributed by atoms with Crippen molar-refractivity contribution in [3.63, 3.8) is 0 Å². The fourth-order valence-corrected chi connectivity index (χ4v) is 5.00. The maximum absolute atomic E-state index is 12.4. The molecule has 1 fully saturated rings. The van der Waals surface area contributed by atoms with E-state index in [0.717, 1.165) is 24.0 Å². The maximum atomic E-state index is 12.4. The van der Waals surface area contributed by atoms with Crippen LogP contribution in [0.25, 0.3) is 11.1 Å². The quantitative estimate of drug-likeness (QED) is 0.504. The largest absolute Gasteiger partial charge is 0.459 e. The summed E-state index contributed by atoms with van der Waals surface area (Å²) in [5.41, 5.74) is 4.68. The smallest absolute Gasteiger partial charge is 0.376 e. The number of benzene rings is 2. The zero-order chi connectivity index (χ0) is 21.5. The first-order chi connectivity index (χ1) is 15.2. The third-order valence-corrected chi connectivity index (χ3v) is 6.73. The molecule has 1 N–H and O–H groups in total. The molecule has 0 saturated heterocycles. The summed E-state index contributed by atoms with van der Waals surface area (Å²) in [6.45, 7) is 0.267. The van der Waals surface area contributed by atoms with E-state index in [2.05, 4.69) is 29.6 Å². The molecule has 0 aliphatic heterocycles. The van der Waals surface area contributed by atoms with E-state index in [1.165, 1.54) is 56.1 Å². The number of nitrogens with one attached hydrogen (secondary N) is 1. The Morgan fingerprint density at radius 3 is 1.87 bits per heavy atom. The average Bonchev–Trinajstić information content (AvgIpc) is 3.13. The van der Waals surface area contributed by atoms with Gasteiger partial charge in [-0.05, 0) is 35.1 Å². The number of ketones is 1. The van der Waals surface area contributed by atoms with E-state index in [1.807, 2.05) is 24.3 Å². The van der Waals surface area contributed by atoms with Gasteiger partial charge < -0.3 is 10.1 Å². The first kappa shape index (κ1) is 21.8. The zero-order valence-corrected chi connectivity index (χ0v) is 18.3. The molecule has 0 bridgehead atoms. The van der Waals surface area contributed by atoms with Gasteiger partial charge >= 0.3 is 5.97 Å². The minimum absolute atomic E-state index is 0.0181. The van der Waals surface area contributed by atoms with Gasteiger partial charge in [0.2, 0.25) is 0 Å². The predicted octanol–water partition coefficient (Wildman–Crippen LogP) is 5.39.